The Morgan fingerprint density at radius 3 is 2.60 bits per heavy atom. The summed E-state index contributed by atoms with van der Waals surface area (Å²) in [4.78, 5) is 25.2. The van der Waals surface area contributed by atoms with Crippen LogP contribution in [0.1, 0.15) is 55.6 Å². The Labute approximate surface area is 89.9 Å². The number of nitrogens with one attached hydrogen (secondary N) is 1. The van der Waals surface area contributed by atoms with Gasteiger partial charge >= 0.3 is 0 Å². The third-order valence-electron chi connectivity index (χ3n) is 2.58. The van der Waals surface area contributed by atoms with Gasteiger partial charge in [0.15, 0.2) is 5.78 Å². The molecule has 0 aliphatic rings. The van der Waals surface area contributed by atoms with Crippen molar-refractivity contribution in [1.82, 2.24) is 4.98 Å². The third kappa shape index (κ3) is 3.05. The van der Waals surface area contributed by atoms with Crippen LogP contribution in [0.3, 0.4) is 0 Å². The summed E-state index contributed by atoms with van der Waals surface area (Å²) in [6.45, 7) is 5.39. The lowest BCUT2D eigenvalue weighted by atomic mass is 9.97. The number of H-pyrrole nitrogens is 1. The maximum absolute atomic E-state index is 11.3. The monoisotopic (exact) mass is 207 g/mol. The molecule has 1 unspecified atom stereocenters. The fraction of sp³-hybridized carbons (Fsp3) is 0.500. The fourth-order valence-corrected chi connectivity index (χ4v) is 1.50. The van der Waals surface area contributed by atoms with E-state index < -0.39 is 0 Å². The first kappa shape index (κ1) is 11.7. The van der Waals surface area contributed by atoms with Crippen LogP contribution in [0.2, 0.25) is 0 Å². The molecule has 1 aromatic rings. The maximum Gasteiger partial charge on any atom is 0.175 e. The second kappa shape index (κ2) is 4.91. The van der Waals surface area contributed by atoms with Crippen LogP contribution in [0.4, 0.5) is 0 Å². The van der Waals surface area contributed by atoms with E-state index in [9.17, 15) is 9.59 Å². The van der Waals surface area contributed by atoms with Gasteiger partial charge in [0.05, 0.1) is 5.69 Å². The molecule has 1 rings (SSSR count). The first-order chi connectivity index (χ1) is 7.04. The Kier molecular flexibility index (Phi) is 3.83. The molecule has 0 bridgehead atoms. The van der Waals surface area contributed by atoms with Crippen molar-refractivity contribution in [3.8, 4) is 0 Å². The van der Waals surface area contributed by atoms with Crippen molar-refractivity contribution in [1.29, 1.82) is 0 Å². The molecule has 0 spiro atoms. The van der Waals surface area contributed by atoms with Gasteiger partial charge in [-0.3, -0.25) is 9.59 Å². The van der Waals surface area contributed by atoms with E-state index >= 15 is 0 Å². The molecule has 15 heavy (non-hydrogen) atoms. The van der Waals surface area contributed by atoms with Gasteiger partial charge in [0.2, 0.25) is 0 Å². The van der Waals surface area contributed by atoms with Crippen LogP contribution in [-0.2, 0) is 4.79 Å². The van der Waals surface area contributed by atoms with Crippen LogP contribution < -0.4 is 0 Å². The first-order valence-electron chi connectivity index (χ1n) is 5.25. The molecular weight excluding hydrogens is 190 g/mol. The average Bonchev–Trinajstić information content (AvgIpc) is 2.66. The molecule has 0 saturated carbocycles. The molecule has 0 amide bonds. The van der Waals surface area contributed by atoms with Crippen LogP contribution in [0, 0.1) is 0 Å². The highest BCUT2D eigenvalue weighted by Crippen LogP contribution is 2.20. The summed E-state index contributed by atoms with van der Waals surface area (Å²) < 4.78 is 0. The molecule has 1 atom stereocenters. The number of hydrogen-bond acceptors (Lipinski definition) is 2. The van der Waals surface area contributed by atoms with Crippen LogP contribution in [0.15, 0.2) is 12.3 Å². The van der Waals surface area contributed by atoms with Gasteiger partial charge in [0.1, 0.15) is 5.78 Å². The summed E-state index contributed by atoms with van der Waals surface area (Å²) in [5.41, 5.74) is 1.64. The lowest BCUT2D eigenvalue weighted by Gasteiger charge is -2.06. The zero-order chi connectivity index (χ0) is 11.4. The van der Waals surface area contributed by atoms with Crippen LogP contribution in [-0.4, -0.2) is 16.6 Å². The molecule has 0 aliphatic heterocycles. The minimum Gasteiger partial charge on any atom is -0.359 e. The Hall–Kier alpha value is -1.38. The molecule has 0 fully saturated rings. The molecule has 0 saturated heterocycles. The van der Waals surface area contributed by atoms with Gasteiger partial charge in [-0.1, -0.05) is 13.8 Å². The van der Waals surface area contributed by atoms with Gasteiger partial charge in [-0.05, 0) is 17.5 Å². The van der Waals surface area contributed by atoms with Crippen LogP contribution >= 0.6 is 0 Å². The average molecular weight is 207 g/mol. The summed E-state index contributed by atoms with van der Waals surface area (Å²) in [5.74, 6) is 0.463. The van der Waals surface area contributed by atoms with Crippen molar-refractivity contribution in [3.63, 3.8) is 0 Å². The summed E-state index contributed by atoms with van der Waals surface area (Å²) in [6, 6.07) is 1.83. The number of aromatic amines is 1. The Morgan fingerprint density at radius 2 is 2.13 bits per heavy atom. The highest BCUT2D eigenvalue weighted by molar-refractivity contribution is 5.92. The Balaban J connectivity index is 2.69. The highest BCUT2D eigenvalue weighted by atomic mass is 16.1. The van der Waals surface area contributed by atoms with E-state index in [2.05, 4.69) is 4.98 Å². The van der Waals surface area contributed by atoms with E-state index in [1.165, 1.54) is 6.92 Å². The van der Waals surface area contributed by atoms with Crippen LogP contribution in [0.5, 0.6) is 0 Å². The number of carbonyl (C=O) groups is 2. The van der Waals surface area contributed by atoms with E-state index in [1.54, 1.807) is 0 Å². The smallest absolute Gasteiger partial charge is 0.175 e. The number of rotatable bonds is 5. The molecule has 0 aromatic carbocycles. The Bertz CT molecular complexity index is 365. The molecular formula is C12H17NO2. The van der Waals surface area contributed by atoms with Gasteiger partial charge in [-0.2, -0.15) is 0 Å². The summed E-state index contributed by atoms with van der Waals surface area (Å²) in [6.07, 6.45) is 2.93. The number of hydrogen-bond donors (Lipinski definition) is 1. The second-order valence-electron chi connectivity index (χ2n) is 3.90. The van der Waals surface area contributed by atoms with Crippen molar-refractivity contribution in [2.24, 2.45) is 0 Å². The zero-order valence-corrected chi connectivity index (χ0v) is 9.46. The Morgan fingerprint density at radius 1 is 1.47 bits per heavy atom. The first-order valence-corrected chi connectivity index (χ1v) is 5.25. The molecule has 3 heteroatoms. The predicted octanol–water partition coefficient (Wildman–Crippen LogP) is 2.69. The van der Waals surface area contributed by atoms with Crippen molar-refractivity contribution >= 4 is 11.6 Å². The molecule has 1 N–H and O–H groups in total. The largest absolute Gasteiger partial charge is 0.359 e. The van der Waals surface area contributed by atoms with Crippen molar-refractivity contribution in [3.05, 3.63) is 23.5 Å². The SMILES string of the molecule is CCC(=O)CC(C)c1c[nH]c(C(C)=O)c1. The minimum atomic E-state index is 0.0234. The standard InChI is InChI=1S/C12H17NO2/c1-4-11(15)5-8(2)10-6-12(9(3)14)13-7-10/h6-8,13H,4-5H2,1-3H3. The zero-order valence-electron chi connectivity index (χ0n) is 9.46. The molecule has 1 aromatic heterocycles. The van der Waals surface area contributed by atoms with E-state index in [0.29, 0.717) is 18.5 Å². The summed E-state index contributed by atoms with van der Waals surface area (Å²) in [7, 11) is 0. The quantitative estimate of drug-likeness (QED) is 0.755. The summed E-state index contributed by atoms with van der Waals surface area (Å²) in [5, 5.41) is 0. The van der Waals surface area contributed by atoms with Crippen molar-refractivity contribution in [2.45, 2.75) is 39.5 Å². The summed E-state index contributed by atoms with van der Waals surface area (Å²) >= 11 is 0. The molecule has 3 nitrogen and oxygen atoms in total. The lowest BCUT2D eigenvalue weighted by Crippen LogP contribution is -2.02. The van der Waals surface area contributed by atoms with Gasteiger partial charge in [0.25, 0.3) is 0 Å². The predicted molar refractivity (Wildman–Crippen MR) is 59.1 cm³/mol. The number of carbonyl (C=O) groups excluding carboxylic acids is 2. The van der Waals surface area contributed by atoms with Gasteiger partial charge in [0, 0.05) is 26.0 Å². The normalized spacial score (nSPS) is 12.5. The lowest BCUT2D eigenvalue weighted by molar-refractivity contribution is -0.119. The molecule has 0 radical (unpaired) electrons. The van der Waals surface area contributed by atoms with Gasteiger partial charge in [-0.15, -0.1) is 0 Å². The molecule has 1 heterocycles. The van der Waals surface area contributed by atoms with Gasteiger partial charge < -0.3 is 4.98 Å². The van der Waals surface area contributed by atoms with E-state index in [0.717, 1.165) is 5.56 Å². The number of ketones is 2. The minimum absolute atomic E-state index is 0.0234. The van der Waals surface area contributed by atoms with Crippen molar-refractivity contribution < 1.29 is 9.59 Å². The molecule has 0 aliphatic carbocycles. The highest BCUT2D eigenvalue weighted by Gasteiger charge is 2.12. The van der Waals surface area contributed by atoms with Crippen molar-refractivity contribution in [2.75, 3.05) is 0 Å². The topological polar surface area (TPSA) is 49.9 Å². The van der Waals surface area contributed by atoms with E-state index in [1.807, 2.05) is 26.1 Å². The fourth-order valence-electron chi connectivity index (χ4n) is 1.50. The third-order valence-corrected chi connectivity index (χ3v) is 2.58. The number of aromatic nitrogens is 1. The van der Waals surface area contributed by atoms with Gasteiger partial charge in [-0.25, -0.2) is 0 Å². The number of Topliss-reactive ketones (excluding diaryl/α,β-unsaturated/α-hetero) is 2. The van der Waals surface area contributed by atoms with Crippen LogP contribution in [0.25, 0.3) is 0 Å². The maximum atomic E-state index is 11.3. The van der Waals surface area contributed by atoms with E-state index in [4.69, 9.17) is 0 Å². The second-order valence-corrected chi connectivity index (χ2v) is 3.90. The van der Waals surface area contributed by atoms with E-state index in [-0.39, 0.29) is 17.5 Å². The molecule has 82 valence electrons.